The molecule has 106 valence electrons. The van der Waals surface area contributed by atoms with Crippen LogP contribution in [0.15, 0.2) is 18.2 Å². The Labute approximate surface area is 123 Å². The Kier molecular flexibility index (Phi) is 5.34. The molecule has 0 aliphatic heterocycles. The second-order valence-electron chi connectivity index (χ2n) is 5.17. The zero-order valence-corrected chi connectivity index (χ0v) is 12.4. The number of aliphatic hydroxyl groups is 1. The quantitative estimate of drug-likeness (QED) is 0.814. The number of halogens is 2. The van der Waals surface area contributed by atoms with Crippen LogP contribution in [0.3, 0.4) is 0 Å². The number of hydrogen-bond donors (Lipinski definition) is 2. The highest BCUT2D eigenvalue weighted by Crippen LogP contribution is 2.36. The summed E-state index contributed by atoms with van der Waals surface area (Å²) in [5, 5.41) is 14.1. The van der Waals surface area contributed by atoms with Crippen LogP contribution in [-0.2, 0) is 0 Å². The fourth-order valence-corrected chi connectivity index (χ4v) is 2.42. The van der Waals surface area contributed by atoms with E-state index in [4.69, 9.17) is 27.9 Å². The third-order valence-corrected chi connectivity index (χ3v) is 3.92. The van der Waals surface area contributed by atoms with Crippen molar-refractivity contribution in [2.24, 2.45) is 11.8 Å². The molecule has 19 heavy (non-hydrogen) atoms. The van der Waals surface area contributed by atoms with Gasteiger partial charge in [0.15, 0.2) is 0 Å². The van der Waals surface area contributed by atoms with Gasteiger partial charge in [0.25, 0.3) is 0 Å². The lowest BCUT2D eigenvalue weighted by atomic mass is 10.3. The standard InChI is InChI=1S/C14H19Cl2NO2/c1-9-4-10(9)6-17-7-12(18)8-19-14-3-2-11(15)5-13(14)16/h2-3,5,9-10,12,17-18H,4,6-8H2,1H3. The summed E-state index contributed by atoms with van der Waals surface area (Å²) >= 11 is 11.8. The minimum absolute atomic E-state index is 0.217. The molecule has 1 aromatic rings. The lowest BCUT2D eigenvalue weighted by Gasteiger charge is -2.14. The molecule has 1 fully saturated rings. The van der Waals surface area contributed by atoms with Gasteiger partial charge in [0.1, 0.15) is 18.5 Å². The number of ether oxygens (including phenoxy) is 1. The molecule has 1 aliphatic rings. The zero-order chi connectivity index (χ0) is 13.8. The molecule has 0 spiro atoms. The highest BCUT2D eigenvalue weighted by Gasteiger charge is 2.31. The molecule has 3 unspecified atom stereocenters. The van der Waals surface area contributed by atoms with Crippen molar-refractivity contribution in [3.8, 4) is 5.75 Å². The first kappa shape index (κ1) is 14.9. The molecule has 2 N–H and O–H groups in total. The maximum atomic E-state index is 9.80. The van der Waals surface area contributed by atoms with Gasteiger partial charge in [0.2, 0.25) is 0 Å². The first-order valence-electron chi connectivity index (χ1n) is 6.53. The van der Waals surface area contributed by atoms with Crippen LogP contribution in [0.1, 0.15) is 13.3 Å². The SMILES string of the molecule is CC1CC1CNCC(O)COc1ccc(Cl)cc1Cl. The smallest absolute Gasteiger partial charge is 0.138 e. The van der Waals surface area contributed by atoms with Crippen molar-refractivity contribution in [2.75, 3.05) is 19.7 Å². The molecular weight excluding hydrogens is 285 g/mol. The van der Waals surface area contributed by atoms with Crippen LogP contribution in [0, 0.1) is 11.8 Å². The molecule has 0 amide bonds. The highest BCUT2D eigenvalue weighted by atomic mass is 35.5. The highest BCUT2D eigenvalue weighted by molar-refractivity contribution is 6.35. The Hall–Kier alpha value is -0.480. The Morgan fingerprint density at radius 2 is 2.21 bits per heavy atom. The van der Waals surface area contributed by atoms with Crippen LogP contribution in [-0.4, -0.2) is 30.9 Å². The van der Waals surface area contributed by atoms with Gasteiger partial charge in [0, 0.05) is 11.6 Å². The van der Waals surface area contributed by atoms with E-state index in [-0.39, 0.29) is 6.61 Å². The van der Waals surface area contributed by atoms with E-state index in [2.05, 4.69) is 12.2 Å². The van der Waals surface area contributed by atoms with E-state index in [0.29, 0.717) is 22.3 Å². The van der Waals surface area contributed by atoms with Gasteiger partial charge in [-0.05, 0) is 43.0 Å². The summed E-state index contributed by atoms with van der Waals surface area (Å²) in [7, 11) is 0. The lowest BCUT2D eigenvalue weighted by molar-refractivity contribution is 0.106. The van der Waals surface area contributed by atoms with E-state index in [1.54, 1.807) is 18.2 Å². The maximum absolute atomic E-state index is 9.80. The molecule has 2 rings (SSSR count). The van der Waals surface area contributed by atoms with Gasteiger partial charge in [-0.1, -0.05) is 30.1 Å². The fourth-order valence-electron chi connectivity index (χ4n) is 1.96. The summed E-state index contributed by atoms with van der Waals surface area (Å²) in [5.41, 5.74) is 0. The topological polar surface area (TPSA) is 41.5 Å². The van der Waals surface area contributed by atoms with Gasteiger partial charge in [-0.2, -0.15) is 0 Å². The molecule has 3 nitrogen and oxygen atoms in total. The summed E-state index contributed by atoms with van der Waals surface area (Å²) in [6.45, 7) is 3.97. The second kappa shape index (κ2) is 6.80. The summed E-state index contributed by atoms with van der Waals surface area (Å²) in [4.78, 5) is 0. The van der Waals surface area contributed by atoms with E-state index >= 15 is 0 Å². The van der Waals surface area contributed by atoms with Crippen molar-refractivity contribution in [2.45, 2.75) is 19.4 Å². The monoisotopic (exact) mass is 303 g/mol. The minimum Gasteiger partial charge on any atom is -0.489 e. The summed E-state index contributed by atoms with van der Waals surface area (Å²) < 4.78 is 5.47. The van der Waals surface area contributed by atoms with Crippen molar-refractivity contribution in [1.82, 2.24) is 5.32 Å². The number of aliphatic hydroxyl groups excluding tert-OH is 1. The molecule has 0 bridgehead atoms. The van der Waals surface area contributed by atoms with Crippen molar-refractivity contribution in [1.29, 1.82) is 0 Å². The third kappa shape index (κ3) is 4.84. The molecule has 5 heteroatoms. The average Bonchev–Trinajstić information content (AvgIpc) is 3.04. The molecular formula is C14H19Cl2NO2. The molecule has 0 heterocycles. The molecule has 1 saturated carbocycles. The minimum atomic E-state index is -0.541. The van der Waals surface area contributed by atoms with Crippen molar-refractivity contribution < 1.29 is 9.84 Å². The maximum Gasteiger partial charge on any atom is 0.138 e. The van der Waals surface area contributed by atoms with Crippen LogP contribution in [0.2, 0.25) is 10.0 Å². The van der Waals surface area contributed by atoms with Crippen LogP contribution < -0.4 is 10.1 Å². The second-order valence-corrected chi connectivity index (χ2v) is 6.01. The average molecular weight is 304 g/mol. The lowest BCUT2D eigenvalue weighted by Crippen LogP contribution is -2.32. The Morgan fingerprint density at radius 1 is 1.47 bits per heavy atom. The number of nitrogens with one attached hydrogen (secondary N) is 1. The third-order valence-electron chi connectivity index (χ3n) is 3.39. The van der Waals surface area contributed by atoms with Crippen LogP contribution in [0.4, 0.5) is 0 Å². The molecule has 1 aromatic carbocycles. The van der Waals surface area contributed by atoms with Crippen LogP contribution >= 0.6 is 23.2 Å². The van der Waals surface area contributed by atoms with E-state index in [9.17, 15) is 5.11 Å². The first-order valence-corrected chi connectivity index (χ1v) is 7.28. The van der Waals surface area contributed by atoms with Gasteiger partial charge in [-0.25, -0.2) is 0 Å². The summed E-state index contributed by atoms with van der Waals surface area (Å²) in [6, 6.07) is 5.04. The van der Waals surface area contributed by atoms with Gasteiger partial charge in [0.05, 0.1) is 5.02 Å². The van der Waals surface area contributed by atoms with E-state index in [1.165, 1.54) is 6.42 Å². The fraction of sp³-hybridized carbons (Fsp3) is 0.571. The molecule has 1 aliphatic carbocycles. The Morgan fingerprint density at radius 3 is 2.84 bits per heavy atom. The first-order chi connectivity index (χ1) is 9.06. The molecule has 0 aromatic heterocycles. The Balaban J connectivity index is 1.66. The van der Waals surface area contributed by atoms with Crippen molar-refractivity contribution in [3.05, 3.63) is 28.2 Å². The molecule has 0 radical (unpaired) electrons. The van der Waals surface area contributed by atoms with Crippen molar-refractivity contribution in [3.63, 3.8) is 0 Å². The number of hydrogen-bond acceptors (Lipinski definition) is 3. The predicted molar refractivity (Wildman–Crippen MR) is 78.1 cm³/mol. The summed E-state index contributed by atoms with van der Waals surface area (Å²) in [5.74, 6) is 2.15. The normalized spacial score (nSPS) is 23.2. The van der Waals surface area contributed by atoms with Gasteiger partial charge < -0.3 is 15.2 Å². The van der Waals surface area contributed by atoms with E-state index < -0.39 is 6.10 Å². The molecule has 3 atom stereocenters. The Bertz CT molecular complexity index is 428. The number of rotatable bonds is 7. The van der Waals surface area contributed by atoms with E-state index in [0.717, 1.165) is 18.4 Å². The van der Waals surface area contributed by atoms with Crippen LogP contribution in [0.5, 0.6) is 5.75 Å². The largest absolute Gasteiger partial charge is 0.489 e. The summed E-state index contributed by atoms with van der Waals surface area (Å²) in [6.07, 6.45) is 0.751. The van der Waals surface area contributed by atoms with Crippen LogP contribution in [0.25, 0.3) is 0 Å². The van der Waals surface area contributed by atoms with Gasteiger partial charge >= 0.3 is 0 Å². The molecule has 0 saturated heterocycles. The number of benzene rings is 1. The van der Waals surface area contributed by atoms with Gasteiger partial charge in [-0.15, -0.1) is 0 Å². The zero-order valence-electron chi connectivity index (χ0n) is 10.9. The van der Waals surface area contributed by atoms with Crippen molar-refractivity contribution >= 4 is 23.2 Å². The van der Waals surface area contributed by atoms with Gasteiger partial charge in [-0.3, -0.25) is 0 Å². The van der Waals surface area contributed by atoms with E-state index in [1.807, 2.05) is 0 Å². The predicted octanol–water partition coefficient (Wildman–Crippen LogP) is 2.98.